The zero-order valence-corrected chi connectivity index (χ0v) is 36.6. The number of fused-ring (bicyclic) bond motifs is 1. The lowest BCUT2D eigenvalue weighted by molar-refractivity contribution is -0.146. The van der Waals surface area contributed by atoms with Crippen LogP contribution in [0.2, 0.25) is 0 Å². The molecule has 0 saturated heterocycles. The van der Waals surface area contributed by atoms with Crippen molar-refractivity contribution in [2.75, 3.05) is 32.4 Å². The third-order valence-electron chi connectivity index (χ3n) is 8.89. The highest BCUT2D eigenvalue weighted by Crippen LogP contribution is 2.30. The minimum Gasteiger partial charge on any atom is -0.462 e. The molecule has 0 fully saturated rings. The first kappa shape index (κ1) is 48.4. The number of thiazole rings is 1. The average Bonchev–Trinajstić information content (AvgIpc) is 3.78. The average molecular weight is 942 g/mol. The van der Waals surface area contributed by atoms with Gasteiger partial charge in [-0.2, -0.15) is 5.10 Å². The van der Waals surface area contributed by atoms with Gasteiger partial charge in [0.2, 0.25) is 25.5 Å². The van der Waals surface area contributed by atoms with E-state index >= 15 is 0 Å². The number of nitrogens with one attached hydrogen (secondary N) is 1. The van der Waals surface area contributed by atoms with E-state index in [0.29, 0.717) is 22.0 Å². The van der Waals surface area contributed by atoms with Gasteiger partial charge in [-0.15, -0.1) is 0 Å². The molecule has 0 aliphatic rings. The third kappa shape index (κ3) is 14.2. The standard InChI is InChI=1S/C49H39N3O15S/c1-4-43(53)63-28-60-36-17-12-33(13-18-36)47(57)66-37-19-14-32(15-20-37)46(56)59-24-23-31-11-21-39(35(25-31)27-50-52-49-51-38-9-7-8-10-42(38)68-49)67-48(58)34-16-22-40(61-29-64-44(54)5-2)41(26-34)62-30-65-45(55)6-3/h4-22,25-27H,1-3,23-24,28-30H2,(H,51,52)/b50-27+. The predicted molar refractivity (Wildman–Crippen MR) is 246 cm³/mol. The summed E-state index contributed by atoms with van der Waals surface area (Å²) in [5, 5.41) is 4.86. The van der Waals surface area contributed by atoms with Gasteiger partial charge in [-0.05, 0) is 96.6 Å². The molecule has 0 amide bonds. The van der Waals surface area contributed by atoms with E-state index in [9.17, 15) is 28.8 Å². The minimum absolute atomic E-state index is 0.00644. The fourth-order valence-corrected chi connectivity index (χ4v) is 6.36. The van der Waals surface area contributed by atoms with Gasteiger partial charge in [-0.1, -0.05) is 49.3 Å². The highest BCUT2D eigenvalue weighted by Gasteiger charge is 2.18. The van der Waals surface area contributed by atoms with Crippen LogP contribution in [-0.2, 0) is 39.8 Å². The van der Waals surface area contributed by atoms with E-state index < -0.39 is 49.4 Å². The molecule has 0 radical (unpaired) electrons. The Balaban J connectivity index is 1.10. The van der Waals surface area contributed by atoms with E-state index in [1.54, 1.807) is 18.2 Å². The highest BCUT2D eigenvalue weighted by atomic mass is 32.1. The number of rotatable bonds is 23. The van der Waals surface area contributed by atoms with Gasteiger partial charge in [0.15, 0.2) is 11.5 Å². The largest absolute Gasteiger partial charge is 0.462 e. The molecule has 0 unspecified atom stereocenters. The Morgan fingerprint density at radius 2 is 1.15 bits per heavy atom. The first-order valence-corrected chi connectivity index (χ1v) is 20.8. The number of aromatic nitrogens is 1. The quantitative estimate of drug-likeness (QED) is 0.0123. The molecule has 18 nitrogen and oxygen atoms in total. The Labute approximate surface area is 391 Å². The number of esters is 6. The van der Waals surface area contributed by atoms with Crippen LogP contribution >= 0.6 is 11.3 Å². The smallest absolute Gasteiger partial charge is 0.343 e. The van der Waals surface area contributed by atoms with Crippen molar-refractivity contribution in [2.45, 2.75) is 6.42 Å². The van der Waals surface area contributed by atoms with Gasteiger partial charge >= 0.3 is 35.8 Å². The summed E-state index contributed by atoms with van der Waals surface area (Å²) in [6, 6.07) is 28.3. The van der Waals surface area contributed by atoms with Crippen molar-refractivity contribution in [3.05, 3.63) is 175 Å². The van der Waals surface area contributed by atoms with Crippen LogP contribution in [0, 0.1) is 0 Å². The second-order valence-corrected chi connectivity index (χ2v) is 14.4. The molecule has 5 aromatic carbocycles. The number of ether oxygens (including phenoxy) is 9. The van der Waals surface area contributed by atoms with Crippen molar-refractivity contribution in [1.82, 2.24) is 4.98 Å². The maximum absolute atomic E-state index is 13.6. The molecule has 19 heteroatoms. The SMILES string of the molecule is C=CC(=O)OCOc1ccc(C(=O)Oc2ccc(C(=O)OCCc3ccc(OC(=O)c4ccc(OCOC(=O)C=C)c(OCOC(=O)C=C)c4)c(/C=N/Nc4nc5ccccc5s4)c3)cc2)cc1. The number of benzene rings is 5. The topological polar surface area (TPSA) is 223 Å². The van der Waals surface area contributed by atoms with Gasteiger partial charge in [0, 0.05) is 30.2 Å². The zero-order valence-electron chi connectivity index (χ0n) is 35.8. The number of hydrogen-bond acceptors (Lipinski definition) is 19. The molecule has 6 aromatic rings. The molecule has 1 aromatic heterocycles. The van der Waals surface area contributed by atoms with Crippen LogP contribution in [0.25, 0.3) is 10.2 Å². The monoisotopic (exact) mass is 941 g/mol. The van der Waals surface area contributed by atoms with Crippen LogP contribution in [0.5, 0.6) is 28.7 Å². The van der Waals surface area contributed by atoms with Crippen molar-refractivity contribution in [2.24, 2.45) is 5.10 Å². The van der Waals surface area contributed by atoms with Gasteiger partial charge in [0.25, 0.3) is 0 Å². The number of carbonyl (C=O) groups excluding carboxylic acids is 6. The van der Waals surface area contributed by atoms with Gasteiger partial charge in [-0.3, -0.25) is 5.43 Å². The van der Waals surface area contributed by atoms with E-state index in [0.717, 1.165) is 28.4 Å². The maximum atomic E-state index is 13.6. The van der Waals surface area contributed by atoms with Crippen LogP contribution in [0.1, 0.15) is 42.2 Å². The summed E-state index contributed by atoms with van der Waals surface area (Å²) in [6.07, 6.45) is 4.60. The Morgan fingerprint density at radius 3 is 1.81 bits per heavy atom. The van der Waals surface area contributed by atoms with E-state index in [2.05, 4.69) is 35.2 Å². The summed E-state index contributed by atoms with van der Waals surface area (Å²) in [5.74, 6) is -3.57. The van der Waals surface area contributed by atoms with Crippen molar-refractivity contribution >= 4 is 68.7 Å². The van der Waals surface area contributed by atoms with E-state index in [1.807, 2.05) is 24.3 Å². The van der Waals surface area contributed by atoms with Crippen molar-refractivity contribution in [3.63, 3.8) is 0 Å². The summed E-state index contributed by atoms with van der Waals surface area (Å²) in [4.78, 5) is 78.1. The van der Waals surface area contributed by atoms with Gasteiger partial charge in [0.1, 0.15) is 17.2 Å². The van der Waals surface area contributed by atoms with Gasteiger partial charge in [0.05, 0.1) is 39.7 Å². The van der Waals surface area contributed by atoms with Gasteiger partial charge in [-0.25, -0.2) is 33.8 Å². The highest BCUT2D eigenvalue weighted by molar-refractivity contribution is 7.22. The van der Waals surface area contributed by atoms with Crippen LogP contribution in [0.15, 0.2) is 152 Å². The fourth-order valence-electron chi connectivity index (χ4n) is 5.54. The Hall–Kier alpha value is -9.10. The maximum Gasteiger partial charge on any atom is 0.343 e. The second-order valence-electron chi connectivity index (χ2n) is 13.4. The number of hydrogen-bond donors (Lipinski definition) is 1. The summed E-state index contributed by atoms with van der Waals surface area (Å²) in [6.45, 7) is 8.52. The first-order chi connectivity index (χ1) is 33.0. The van der Waals surface area contributed by atoms with Crippen LogP contribution in [0.4, 0.5) is 5.13 Å². The first-order valence-electron chi connectivity index (χ1n) is 20.0. The van der Waals surface area contributed by atoms with Gasteiger partial charge < -0.3 is 42.6 Å². The van der Waals surface area contributed by atoms with Crippen molar-refractivity contribution < 1.29 is 71.4 Å². The summed E-state index contributed by atoms with van der Waals surface area (Å²) < 4.78 is 48.6. The number of nitrogens with zero attached hydrogens (tertiary/aromatic N) is 2. The molecule has 1 N–H and O–H groups in total. The van der Waals surface area contributed by atoms with Crippen LogP contribution in [0.3, 0.4) is 0 Å². The van der Waals surface area contributed by atoms with Crippen LogP contribution in [-0.4, -0.2) is 74.0 Å². The van der Waals surface area contributed by atoms with Crippen molar-refractivity contribution in [1.29, 1.82) is 0 Å². The van der Waals surface area contributed by atoms with E-state index in [-0.39, 0.29) is 59.5 Å². The third-order valence-corrected chi connectivity index (χ3v) is 9.83. The number of para-hydroxylation sites is 1. The lowest BCUT2D eigenvalue weighted by atomic mass is 10.1. The molecule has 0 saturated carbocycles. The van der Waals surface area contributed by atoms with Crippen molar-refractivity contribution in [3.8, 4) is 28.7 Å². The lowest BCUT2D eigenvalue weighted by Gasteiger charge is -2.14. The molecule has 68 heavy (non-hydrogen) atoms. The summed E-state index contributed by atoms with van der Waals surface area (Å²) >= 11 is 1.39. The molecular formula is C49H39N3O15S. The molecular weight excluding hydrogens is 903 g/mol. The molecule has 0 aliphatic carbocycles. The molecule has 0 atom stereocenters. The molecule has 6 rings (SSSR count). The number of hydrazone groups is 1. The molecule has 346 valence electrons. The normalized spacial score (nSPS) is 10.5. The molecule has 1 heterocycles. The zero-order chi connectivity index (χ0) is 48.3. The Bertz CT molecular complexity index is 2820. The number of carbonyl (C=O) groups is 6. The summed E-state index contributed by atoms with van der Waals surface area (Å²) in [7, 11) is 0. The van der Waals surface area contributed by atoms with E-state index in [1.165, 1.54) is 84.3 Å². The predicted octanol–water partition coefficient (Wildman–Crippen LogP) is 7.78. The van der Waals surface area contributed by atoms with E-state index in [4.69, 9.17) is 42.6 Å². The molecule has 0 bridgehead atoms. The second kappa shape index (κ2) is 24.3. The minimum atomic E-state index is -0.815. The lowest BCUT2D eigenvalue weighted by Crippen LogP contribution is -2.13. The molecule has 0 aliphatic heterocycles. The summed E-state index contributed by atoms with van der Waals surface area (Å²) in [5.41, 5.74) is 5.20. The Kier molecular flexibility index (Phi) is 17.3. The Morgan fingerprint density at radius 1 is 0.574 bits per heavy atom. The van der Waals surface area contributed by atoms with Crippen LogP contribution < -0.4 is 29.1 Å². The fraction of sp³-hybridized carbons (Fsp3) is 0.102. The number of anilines is 1. The molecule has 0 spiro atoms.